The number of carbonyl (C=O) groups is 1. The first-order valence-corrected chi connectivity index (χ1v) is 10.5. The maximum Gasteiger partial charge on any atom is 0.329 e. The lowest BCUT2D eigenvalue weighted by Gasteiger charge is -2.27. The second-order valence-corrected chi connectivity index (χ2v) is 7.29. The van der Waals surface area contributed by atoms with Crippen molar-refractivity contribution in [1.29, 1.82) is 0 Å². The minimum absolute atomic E-state index is 0.196. The van der Waals surface area contributed by atoms with Crippen molar-refractivity contribution in [3.63, 3.8) is 0 Å². The van der Waals surface area contributed by atoms with E-state index in [0.717, 1.165) is 11.1 Å². The fraction of sp³-hybridized carbons (Fsp3) is 0.458. The molecule has 0 spiro atoms. The van der Waals surface area contributed by atoms with Crippen LogP contribution in [0.2, 0.25) is 0 Å². The summed E-state index contributed by atoms with van der Waals surface area (Å²) in [5.74, 6) is -1.01. The Morgan fingerprint density at radius 2 is 1.42 bits per heavy atom. The molecule has 0 fully saturated rings. The summed E-state index contributed by atoms with van der Waals surface area (Å²) < 4.78 is 30.7. The zero-order valence-electron chi connectivity index (χ0n) is 18.0. The highest BCUT2D eigenvalue weighted by molar-refractivity contribution is 5.67. The molecule has 31 heavy (non-hydrogen) atoms. The third-order valence-electron chi connectivity index (χ3n) is 4.65. The second-order valence-electron chi connectivity index (χ2n) is 7.29. The van der Waals surface area contributed by atoms with Gasteiger partial charge in [-0.25, -0.2) is 9.18 Å². The molecule has 0 aromatic heterocycles. The predicted molar refractivity (Wildman–Crippen MR) is 117 cm³/mol. The smallest absolute Gasteiger partial charge is 0.329 e. The van der Waals surface area contributed by atoms with Gasteiger partial charge in [0, 0.05) is 19.6 Å². The van der Waals surface area contributed by atoms with Gasteiger partial charge in [0.05, 0.1) is 32.5 Å². The molecular weight excluding hydrogens is 401 g/mol. The summed E-state index contributed by atoms with van der Waals surface area (Å²) >= 11 is 0. The molecule has 0 aliphatic heterocycles. The Labute approximate surface area is 183 Å². The molecule has 2 rings (SSSR count). The summed E-state index contributed by atoms with van der Waals surface area (Å²) in [6, 6.07) is 20.1. The van der Waals surface area contributed by atoms with E-state index in [1.54, 1.807) is 6.92 Å². The van der Waals surface area contributed by atoms with Crippen molar-refractivity contribution in [2.75, 3.05) is 39.6 Å². The molecule has 2 aromatic carbocycles. The van der Waals surface area contributed by atoms with Gasteiger partial charge >= 0.3 is 5.97 Å². The van der Waals surface area contributed by atoms with Crippen LogP contribution in [0, 0.1) is 0 Å². The number of ether oxygens (including phenoxy) is 3. The number of alkyl halides is 1. The maximum absolute atomic E-state index is 14.9. The molecule has 170 valence electrons. The summed E-state index contributed by atoms with van der Waals surface area (Å²) in [4.78, 5) is 12.4. The molecule has 2 unspecified atom stereocenters. The Morgan fingerprint density at radius 3 is 1.97 bits per heavy atom. The van der Waals surface area contributed by atoms with Crippen LogP contribution >= 0.6 is 0 Å². The van der Waals surface area contributed by atoms with Crippen LogP contribution in [0.25, 0.3) is 0 Å². The van der Waals surface area contributed by atoms with Gasteiger partial charge in [0.2, 0.25) is 0 Å². The van der Waals surface area contributed by atoms with Gasteiger partial charge in [0.15, 0.2) is 0 Å². The van der Waals surface area contributed by atoms with Crippen LogP contribution in [0.4, 0.5) is 4.39 Å². The number of aliphatic carboxylic acids is 1. The van der Waals surface area contributed by atoms with Crippen LogP contribution in [0.3, 0.4) is 0 Å². The fourth-order valence-electron chi connectivity index (χ4n) is 3.04. The van der Waals surface area contributed by atoms with Gasteiger partial charge < -0.3 is 19.3 Å². The van der Waals surface area contributed by atoms with Gasteiger partial charge in [-0.15, -0.1) is 0 Å². The highest BCUT2D eigenvalue weighted by Gasteiger charge is 2.21. The van der Waals surface area contributed by atoms with E-state index in [2.05, 4.69) is 4.90 Å². The zero-order chi connectivity index (χ0) is 22.3. The minimum Gasteiger partial charge on any atom is -0.480 e. The van der Waals surface area contributed by atoms with Gasteiger partial charge in [-0.3, -0.25) is 4.90 Å². The molecule has 6 nitrogen and oxygen atoms in total. The molecule has 0 aliphatic rings. The SMILES string of the molecule is CC(OCCOCCOCC(=O)O)C(F)CN(Cc1ccccc1)Cc1ccccc1. The van der Waals surface area contributed by atoms with Gasteiger partial charge in [-0.2, -0.15) is 0 Å². The minimum atomic E-state index is -1.15. The highest BCUT2D eigenvalue weighted by atomic mass is 19.1. The number of nitrogens with zero attached hydrogens (tertiary/aromatic N) is 1. The summed E-state index contributed by atoms with van der Waals surface area (Å²) in [7, 11) is 0. The quantitative estimate of drug-likeness (QED) is 0.409. The molecule has 0 saturated carbocycles. The predicted octanol–water partition coefficient (Wildman–Crippen LogP) is 3.55. The average Bonchev–Trinajstić information content (AvgIpc) is 2.76. The molecular formula is C24H32FNO5. The van der Waals surface area contributed by atoms with Crippen LogP contribution < -0.4 is 0 Å². The lowest BCUT2D eigenvalue weighted by molar-refractivity contribution is -0.142. The Morgan fingerprint density at radius 1 is 0.903 bits per heavy atom. The van der Waals surface area contributed by atoms with Gasteiger partial charge in [0.25, 0.3) is 0 Å². The molecule has 2 atom stereocenters. The van der Waals surface area contributed by atoms with Crippen molar-refractivity contribution in [3.8, 4) is 0 Å². The molecule has 0 aliphatic carbocycles. The van der Waals surface area contributed by atoms with Crippen molar-refractivity contribution in [2.45, 2.75) is 32.3 Å². The van der Waals surface area contributed by atoms with Gasteiger partial charge in [0.1, 0.15) is 12.8 Å². The second kappa shape index (κ2) is 14.6. The number of benzene rings is 2. The third kappa shape index (κ3) is 11.0. The first-order chi connectivity index (χ1) is 15.0. The average molecular weight is 434 g/mol. The molecule has 0 bridgehead atoms. The van der Waals surface area contributed by atoms with E-state index in [-0.39, 0.29) is 33.0 Å². The zero-order valence-corrected chi connectivity index (χ0v) is 18.0. The number of hydrogen-bond donors (Lipinski definition) is 1. The first kappa shape index (κ1) is 24.9. The standard InChI is InChI=1S/C24H32FNO5/c1-20(31-15-14-29-12-13-30-19-24(27)28)23(25)18-26(16-21-8-4-2-5-9-21)17-22-10-6-3-7-11-22/h2-11,20,23H,12-19H2,1H3,(H,27,28). The van der Waals surface area contributed by atoms with E-state index in [0.29, 0.717) is 19.7 Å². The van der Waals surface area contributed by atoms with Gasteiger partial charge in [-0.05, 0) is 18.1 Å². The Hall–Kier alpha value is -2.32. The van der Waals surface area contributed by atoms with Crippen molar-refractivity contribution in [2.24, 2.45) is 0 Å². The molecule has 1 N–H and O–H groups in total. The monoisotopic (exact) mass is 433 g/mol. The number of rotatable bonds is 16. The van der Waals surface area contributed by atoms with E-state index in [1.165, 1.54) is 0 Å². The topological polar surface area (TPSA) is 68.2 Å². The Balaban J connectivity index is 1.75. The highest BCUT2D eigenvalue weighted by Crippen LogP contribution is 2.14. The normalized spacial score (nSPS) is 13.3. The molecule has 0 radical (unpaired) electrons. The van der Waals surface area contributed by atoms with Gasteiger partial charge in [-0.1, -0.05) is 60.7 Å². The fourth-order valence-corrected chi connectivity index (χ4v) is 3.04. The number of carboxylic acid groups (broad SMARTS) is 1. The van der Waals surface area contributed by atoms with E-state index >= 15 is 0 Å². The van der Waals surface area contributed by atoms with Crippen LogP contribution in [-0.2, 0) is 32.1 Å². The lowest BCUT2D eigenvalue weighted by atomic mass is 10.1. The summed E-state index contributed by atoms with van der Waals surface area (Å²) in [6.45, 7) is 3.98. The molecule has 0 amide bonds. The van der Waals surface area contributed by atoms with Crippen LogP contribution in [0.1, 0.15) is 18.1 Å². The van der Waals surface area contributed by atoms with Crippen molar-refractivity contribution >= 4 is 5.97 Å². The van der Waals surface area contributed by atoms with Crippen molar-refractivity contribution in [3.05, 3.63) is 71.8 Å². The van der Waals surface area contributed by atoms with Crippen LogP contribution in [0.5, 0.6) is 0 Å². The maximum atomic E-state index is 14.9. The number of carboxylic acids is 1. The van der Waals surface area contributed by atoms with Crippen LogP contribution in [-0.4, -0.2) is 67.8 Å². The van der Waals surface area contributed by atoms with E-state index in [9.17, 15) is 9.18 Å². The largest absolute Gasteiger partial charge is 0.480 e. The number of halogens is 1. The Kier molecular flexibility index (Phi) is 11.8. The molecule has 0 saturated heterocycles. The molecule has 0 heterocycles. The van der Waals surface area contributed by atoms with E-state index in [4.69, 9.17) is 19.3 Å². The summed E-state index contributed by atoms with van der Waals surface area (Å²) in [6.07, 6.45) is -1.72. The summed E-state index contributed by atoms with van der Waals surface area (Å²) in [5.41, 5.74) is 2.27. The van der Waals surface area contributed by atoms with Crippen molar-refractivity contribution < 1.29 is 28.5 Å². The molecule has 7 heteroatoms. The Bertz CT molecular complexity index is 690. The third-order valence-corrected chi connectivity index (χ3v) is 4.65. The summed E-state index contributed by atoms with van der Waals surface area (Å²) in [5, 5.41) is 8.47. The van der Waals surface area contributed by atoms with Crippen molar-refractivity contribution in [1.82, 2.24) is 4.90 Å². The van der Waals surface area contributed by atoms with E-state index in [1.807, 2.05) is 60.7 Å². The number of hydrogen-bond acceptors (Lipinski definition) is 5. The van der Waals surface area contributed by atoms with Crippen LogP contribution in [0.15, 0.2) is 60.7 Å². The first-order valence-electron chi connectivity index (χ1n) is 10.5. The molecule has 2 aromatic rings. The van der Waals surface area contributed by atoms with E-state index < -0.39 is 18.2 Å². The lowest BCUT2D eigenvalue weighted by Crippen LogP contribution is -2.36.